The van der Waals surface area contributed by atoms with Crippen LogP contribution in [0.2, 0.25) is 0 Å². The van der Waals surface area contributed by atoms with Crippen LogP contribution < -0.4 is 5.73 Å². The van der Waals surface area contributed by atoms with Gasteiger partial charge in [0.1, 0.15) is 0 Å². The van der Waals surface area contributed by atoms with E-state index in [1.54, 1.807) is 0 Å². The Labute approximate surface area is 79.9 Å². The van der Waals surface area contributed by atoms with Crippen molar-refractivity contribution < 1.29 is 5.11 Å². The van der Waals surface area contributed by atoms with Gasteiger partial charge in [-0.2, -0.15) is 0 Å². The molecule has 72 valence electrons. The number of hydrogen-bond donors (Lipinski definition) is 2. The molecule has 2 nitrogen and oxygen atoms in total. The van der Waals surface area contributed by atoms with E-state index in [1.165, 1.54) is 25.7 Å². The van der Waals surface area contributed by atoms with Crippen LogP contribution in [0, 0.1) is 17.8 Å². The van der Waals surface area contributed by atoms with Crippen molar-refractivity contribution in [2.75, 3.05) is 6.61 Å². The molecule has 3 N–H and O–H groups in total. The second-order valence-corrected chi connectivity index (χ2v) is 4.04. The average molecular weight is 192 g/mol. The standard InChI is InChI=1S/C9H17NO.ClH/c10-9-7-4-2-1-3-6(7)8(9)5-11;/h6-9,11H,1-5,10H2;1H/t6-,7+,8-,9-;/m1./s1. The van der Waals surface area contributed by atoms with Gasteiger partial charge in [-0.15, -0.1) is 12.4 Å². The lowest BCUT2D eigenvalue weighted by molar-refractivity contribution is -0.0320. The van der Waals surface area contributed by atoms with Gasteiger partial charge in [-0.3, -0.25) is 0 Å². The van der Waals surface area contributed by atoms with Gasteiger partial charge in [0.15, 0.2) is 0 Å². The minimum Gasteiger partial charge on any atom is -0.396 e. The second-order valence-electron chi connectivity index (χ2n) is 4.04. The zero-order valence-electron chi connectivity index (χ0n) is 7.28. The molecule has 12 heavy (non-hydrogen) atoms. The second kappa shape index (κ2) is 3.95. The van der Waals surface area contributed by atoms with E-state index in [9.17, 15) is 0 Å². The maximum Gasteiger partial charge on any atom is 0.0476 e. The summed E-state index contributed by atoms with van der Waals surface area (Å²) in [5.41, 5.74) is 5.93. The summed E-state index contributed by atoms with van der Waals surface area (Å²) < 4.78 is 0. The molecule has 2 saturated carbocycles. The third kappa shape index (κ3) is 1.36. The third-order valence-electron chi connectivity index (χ3n) is 3.62. The summed E-state index contributed by atoms with van der Waals surface area (Å²) in [7, 11) is 0. The van der Waals surface area contributed by atoms with E-state index in [1.807, 2.05) is 0 Å². The van der Waals surface area contributed by atoms with Crippen LogP contribution in [0.5, 0.6) is 0 Å². The van der Waals surface area contributed by atoms with Crippen molar-refractivity contribution in [1.29, 1.82) is 0 Å². The van der Waals surface area contributed by atoms with E-state index in [-0.39, 0.29) is 12.4 Å². The molecular weight excluding hydrogens is 174 g/mol. The molecule has 0 unspecified atom stereocenters. The van der Waals surface area contributed by atoms with E-state index in [4.69, 9.17) is 10.8 Å². The Morgan fingerprint density at radius 3 is 2.33 bits per heavy atom. The van der Waals surface area contributed by atoms with Gasteiger partial charge < -0.3 is 10.8 Å². The predicted octanol–water partition coefficient (Wildman–Crippen LogP) is 1.16. The van der Waals surface area contributed by atoms with E-state index in [0.717, 1.165) is 11.8 Å². The van der Waals surface area contributed by atoms with Gasteiger partial charge in [-0.05, 0) is 24.7 Å². The number of aliphatic hydroxyl groups excluding tert-OH is 1. The van der Waals surface area contributed by atoms with Gasteiger partial charge in [-0.25, -0.2) is 0 Å². The first kappa shape index (κ1) is 10.3. The van der Waals surface area contributed by atoms with Crippen LogP contribution in [0.1, 0.15) is 25.7 Å². The molecule has 0 bridgehead atoms. The van der Waals surface area contributed by atoms with Crippen LogP contribution in [-0.2, 0) is 0 Å². The summed E-state index contributed by atoms with van der Waals surface area (Å²) in [6, 6.07) is 0.310. The van der Waals surface area contributed by atoms with Crippen molar-refractivity contribution in [3.63, 3.8) is 0 Å². The molecule has 0 spiro atoms. The molecule has 0 saturated heterocycles. The quantitative estimate of drug-likeness (QED) is 0.654. The first-order chi connectivity index (χ1) is 5.34. The molecule has 2 aliphatic carbocycles. The Morgan fingerprint density at radius 2 is 1.75 bits per heavy atom. The Kier molecular flexibility index (Phi) is 3.38. The molecule has 0 radical (unpaired) electrons. The van der Waals surface area contributed by atoms with Gasteiger partial charge in [0, 0.05) is 18.6 Å². The Bertz CT molecular complexity index is 147. The predicted molar refractivity (Wildman–Crippen MR) is 51.2 cm³/mol. The van der Waals surface area contributed by atoms with Crippen LogP contribution in [0.4, 0.5) is 0 Å². The summed E-state index contributed by atoms with van der Waals surface area (Å²) in [4.78, 5) is 0. The smallest absolute Gasteiger partial charge is 0.0476 e. The zero-order valence-corrected chi connectivity index (χ0v) is 8.09. The molecule has 0 aromatic heterocycles. The molecule has 0 aliphatic heterocycles. The summed E-state index contributed by atoms with van der Waals surface area (Å²) in [5.74, 6) is 1.95. The molecule has 2 fully saturated rings. The summed E-state index contributed by atoms with van der Waals surface area (Å²) in [6.07, 6.45) is 5.32. The Hall–Kier alpha value is 0.210. The van der Waals surface area contributed by atoms with Gasteiger partial charge in [0.25, 0.3) is 0 Å². The number of rotatable bonds is 1. The lowest BCUT2D eigenvalue weighted by atomic mass is 9.56. The summed E-state index contributed by atoms with van der Waals surface area (Å²) in [6.45, 7) is 0.308. The first-order valence-corrected chi connectivity index (χ1v) is 4.71. The highest BCUT2D eigenvalue weighted by molar-refractivity contribution is 5.85. The molecule has 0 heterocycles. The Balaban J connectivity index is 0.000000720. The molecule has 2 aliphatic rings. The van der Waals surface area contributed by atoms with Crippen LogP contribution in [-0.4, -0.2) is 17.8 Å². The number of fused-ring (bicyclic) bond motifs is 1. The molecule has 4 atom stereocenters. The maximum absolute atomic E-state index is 9.02. The van der Waals surface area contributed by atoms with Crippen LogP contribution >= 0.6 is 12.4 Å². The molecule has 0 aromatic rings. The van der Waals surface area contributed by atoms with Crippen LogP contribution in [0.15, 0.2) is 0 Å². The largest absolute Gasteiger partial charge is 0.396 e. The highest BCUT2D eigenvalue weighted by Crippen LogP contribution is 2.47. The topological polar surface area (TPSA) is 46.2 Å². The van der Waals surface area contributed by atoms with Gasteiger partial charge >= 0.3 is 0 Å². The third-order valence-corrected chi connectivity index (χ3v) is 3.62. The van der Waals surface area contributed by atoms with Crippen molar-refractivity contribution in [1.82, 2.24) is 0 Å². The highest BCUT2D eigenvalue weighted by atomic mass is 35.5. The summed E-state index contributed by atoms with van der Waals surface area (Å²) in [5, 5.41) is 9.02. The van der Waals surface area contributed by atoms with Crippen molar-refractivity contribution in [3.05, 3.63) is 0 Å². The molecular formula is C9H18ClNO. The lowest BCUT2D eigenvalue weighted by Gasteiger charge is -2.52. The molecule has 3 heteroatoms. The maximum atomic E-state index is 9.02. The first-order valence-electron chi connectivity index (χ1n) is 4.71. The molecule has 0 amide bonds. The summed E-state index contributed by atoms with van der Waals surface area (Å²) >= 11 is 0. The van der Waals surface area contributed by atoms with Crippen molar-refractivity contribution >= 4 is 12.4 Å². The number of hydrogen-bond acceptors (Lipinski definition) is 2. The van der Waals surface area contributed by atoms with Gasteiger partial charge in [0.05, 0.1) is 0 Å². The van der Waals surface area contributed by atoms with E-state index < -0.39 is 0 Å². The normalized spacial score (nSPS) is 45.5. The highest BCUT2D eigenvalue weighted by Gasteiger charge is 2.48. The van der Waals surface area contributed by atoms with E-state index >= 15 is 0 Å². The fraction of sp³-hybridized carbons (Fsp3) is 1.00. The van der Waals surface area contributed by atoms with Crippen LogP contribution in [0.3, 0.4) is 0 Å². The minimum absolute atomic E-state index is 0. The van der Waals surface area contributed by atoms with Gasteiger partial charge in [-0.1, -0.05) is 12.8 Å². The number of nitrogens with two attached hydrogens (primary N) is 1. The van der Waals surface area contributed by atoms with E-state index in [0.29, 0.717) is 18.6 Å². The van der Waals surface area contributed by atoms with Crippen molar-refractivity contribution in [2.45, 2.75) is 31.7 Å². The number of halogens is 1. The van der Waals surface area contributed by atoms with Crippen LogP contribution in [0.25, 0.3) is 0 Å². The number of aliphatic hydroxyl groups is 1. The lowest BCUT2D eigenvalue weighted by Crippen LogP contribution is -2.58. The minimum atomic E-state index is 0. The molecule has 2 rings (SSSR count). The van der Waals surface area contributed by atoms with Crippen molar-refractivity contribution in [2.24, 2.45) is 23.5 Å². The fourth-order valence-corrected chi connectivity index (χ4v) is 2.91. The SMILES string of the molecule is Cl.N[C@@H]1[C@H]2CCCC[C@H]2[C@H]1CO. The molecule has 0 aromatic carbocycles. The monoisotopic (exact) mass is 191 g/mol. The Morgan fingerprint density at radius 1 is 1.17 bits per heavy atom. The van der Waals surface area contributed by atoms with Crippen molar-refractivity contribution in [3.8, 4) is 0 Å². The average Bonchev–Trinajstić information content (AvgIpc) is 2.05. The van der Waals surface area contributed by atoms with E-state index in [2.05, 4.69) is 0 Å². The zero-order chi connectivity index (χ0) is 7.84. The fourth-order valence-electron chi connectivity index (χ4n) is 2.91. The van der Waals surface area contributed by atoms with Gasteiger partial charge in [0.2, 0.25) is 0 Å².